The number of halogens is 4. The lowest BCUT2D eigenvalue weighted by Crippen LogP contribution is -2.39. The van der Waals surface area contributed by atoms with E-state index in [1.54, 1.807) is 18.2 Å². The van der Waals surface area contributed by atoms with Gasteiger partial charge in [-0.2, -0.15) is 21.6 Å². The van der Waals surface area contributed by atoms with Crippen LogP contribution in [0.25, 0.3) is 0 Å². The molecule has 1 atom stereocenters. The van der Waals surface area contributed by atoms with Crippen LogP contribution < -0.4 is 4.74 Å². The molecule has 0 amide bonds. The van der Waals surface area contributed by atoms with Gasteiger partial charge in [0.05, 0.1) is 5.56 Å². The maximum absolute atomic E-state index is 13.0. The van der Waals surface area contributed by atoms with Crippen molar-refractivity contribution in [2.75, 3.05) is 5.75 Å². The first-order valence-electron chi connectivity index (χ1n) is 7.66. The van der Waals surface area contributed by atoms with E-state index in [-0.39, 0.29) is 5.56 Å². The Morgan fingerprint density at radius 3 is 2.24 bits per heavy atom. The fourth-order valence-electron chi connectivity index (χ4n) is 2.06. The van der Waals surface area contributed by atoms with Gasteiger partial charge in [0.25, 0.3) is 10.1 Å². The molecule has 2 aromatic carbocycles. The highest BCUT2D eigenvalue weighted by Gasteiger charge is 2.45. The third kappa shape index (κ3) is 6.84. The van der Waals surface area contributed by atoms with Crippen LogP contribution in [-0.2, 0) is 14.9 Å². The van der Waals surface area contributed by atoms with E-state index in [0.717, 1.165) is 12.1 Å². The van der Waals surface area contributed by atoms with E-state index < -0.39 is 51.4 Å². The van der Waals surface area contributed by atoms with Crippen LogP contribution in [0.1, 0.15) is 20.7 Å². The Labute approximate surface area is 171 Å². The van der Waals surface area contributed by atoms with E-state index in [9.17, 15) is 31.2 Å². The van der Waals surface area contributed by atoms with Crippen molar-refractivity contribution in [3.63, 3.8) is 0 Å². The molecule has 0 aliphatic heterocycles. The quantitative estimate of drug-likeness (QED) is 0.369. The average Bonchev–Trinajstić information content (AvgIpc) is 2.60. The monoisotopic (exact) mass is 496 g/mol. The number of alkyl halides is 3. The van der Waals surface area contributed by atoms with Crippen molar-refractivity contribution in [1.82, 2.24) is 0 Å². The van der Waals surface area contributed by atoms with Crippen molar-refractivity contribution in [2.45, 2.75) is 12.3 Å². The molecule has 156 valence electrons. The summed E-state index contributed by atoms with van der Waals surface area (Å²) in [7, 11) is -5.10. The van der Waals surface area contributed by atoms with E-state index in [1.165, 1.54) is 18.2 Å². The molecule has 0 aliphatic carbocycles. The molecule has 0 aliphatic rings. The Morgan fingerprint density at radius 2 is 1.69 bits per heavy atom. The first kappa shape index (κ1) is 22.8. The molecule has 0 fully saturated rings. The van der Waals surface area contributed by atoms with Gasteiger partial charge in [-0.05, 0) is 30.3 Å². The number of benzene rings is 2. The summed E-state index contributed by atoms with van der Waals surface area (Å²) in [6.45, 7) is 0. The zero-order valence-corrected chi connectivity index (χ0v) is 16.6. The molecule has 1 unspecified atom stereocenters. The third-order valence-electron chi connectivity index (χ3n) is 3.35. The lowest BCUT2D eigenvalue weighted by atomic mass is 10.2. The molecule has 7 nitrogen and oxygen atoms in total. The smallest absolute Gasteiger partial charge is 0.426 e. The highest BCUT2D eigenvalue weighted by molar-refractivity contribution is 9.10. The van der Waals surface area contributed by atoms with Crippen LogP contribution in [0.15, 0.2) is 53.0 Å². The van der Waals surface area contributed by atoms with Crippen LogP contribution in [0.5, 0.6) is 5.75 Å². The van der Waals surface area contributed by atoms with Gasteiger partial charge in [0.2, 0.25) is 6.10 Å². The predicted octanol–water partition coefficient (Wildman–Crippen LogP) is 3.64. The van der Waals surface area contributed by atoms with Crippen molar-refractivity contribution in [1.29, 1.82) is 0 Å². The first-order chi connectivity index (χ1) is 13.4. The van der Waals surface area contributed by atoms with Gasteiger partial charge < -0.3 is 9.47 Å². The fraction of sp³-hybridized carbons (Fsp3) is 0.176. The molecule has 0 saturated heterocycles. The maximum atomic E-state index is 13.0. The van der Waals surface area contributed by atoms with E-state index in [2.05, 4.69) is 20.7 Å². The summed E-state index contributed by atoms with van der Waals surface area (Å²) in [6.07, 6.45) is -8.38. The van der Waals surface area contributed by atoms with Gasteiger partial charge in [0.1, 0.15) is 17.1 Å². The largest absolute Gasteiger partial charge is 0.448 e. The van der Waals surface area contributed by atoms with E-state index in [0.29, 0.717) is 4.47 Å². The zero-order valence-electron chi connectivity index (χ0n) is 14.2. The second-order valence-electron chi connectivity index (χ2n) is 5.58. The van der Waals surface area contributed by atoms with E-state index >= 15 is 0 Å². The molecule has 29 heavy (non-hydrogen) atoms. The highest BCUT2D eigenvalue weighted by atomic mass is 79.9. The van der Waals surface area contributed by atoms with Crippen molar-refractivity contribution < 1.29 is 45.2 Å². The van der Waals surface area contributed by atoms with Crippen LogP contribution in [0.3, 0.4) is 0 Å². The molecule has 2 rings (SSSR count). The van der Waals surface area contributed by atoms with Crippen molar-refractivity contribution in [3.8, 4) is 5.75 Å². The summed E-state index contributed by atoms with van der Waals surface area (Å²) in [6, 6.07) is 11.1. The SMILES string of the molecule is O=C(Oc1cc(Br)ccc1C(=O)OC(CS(=O)(=O)O)C(F)(F)F)c1ccccc1. The van der Waals surface area contributed by atoms with Gasteiger partial charge in [-0.3, -0.25) is 4.55 Å². The topological polar surface area (TPSA) is 107 Å². The van der Waals surface area contributed by atoms with Crippen LogP contribution in [0.2, 0.25) is 0 Å². The second kappa shape index (κ2) is 8.93. The molecular weight excluding hydrogens is 485 g/mol. The molecule has 1 N–H and O–H groups in total. The lowest BCUT2D eigenvalue weighted by Gasteiger charge is -2.20. The summed E-state index contributed by atoms with van der Waals surface area (Å²) >= 11 is 3.08. The molecule has 0 saturated carbocycles. The van der Waals surface area contributed by atoms with Crippen LogP contribution in [0.4, 0.5) is 13.2 Å². The normalized spacial score (nSPS) is 12.9. The number of hydrogen-bond donors (Lipinski definition) is 1. The molecule has 12 heteroatoms. The summed E-state index contributed by atoms with van der Waals surface area (Å²) in [5.41, 5.74) is -0.437. The summed E-state index contributed by atoms with van der Waals surface area (Å²) < 4.78 is 78.9. The van der Waals surface area contributed by atoms with Crippen LogP contribution in [0, 0.1) is 0 Å². The van der Waals surface area contributed by atoms with Crippen molar-refractivity contribution in [3.05, 3.63) is 64.1 Å². The Bertz CT molecular complexity index is 1010. The Balaban J connectivity index is 2.31. The molecule has 0 radical (unpaired) electrons. The minimum Gasteiger partial charge on any atom is -0.448 e. The summed E-state index contributed by atoms with van der Waals surface area (Å²) in [5, 5.41) is 0. The molecule has 0 bridgehead atoms. The maximum Gasteiger partial charge on any atom is 0.426 e. The number of esters is 2. The number of carbonyl (C=O) groups is 2. The van der Waals surface area contributed by atoms with Gasteiger partial charge in [-0.15, -0.1) is 0 Å². The fourth-order valence-corrected chi connectivity index (χ4v) is 3.04. The minimum absolute atomic E-state index is 0.117. The van der Waals surface area contributed by atoms with Crippen LogP contribution >= 0.6 is 15.9 Å². The zero-order chi connectivity index (χ0) is 21.8. The number of carbonyl (C=O) groups excluding carboxylic acids is 2. The van der Waals surface area contributed by atoms with Gasteiger partial charge >= 0.3 is 18.1 Å². The Morgan fingerprint density at radius 1 is 1.07 bits per heavy atom. The van der Waals surface area contributed by atoms with Gasteiger partial charge in [0.15, 0.2) is 0 Å². The molecule has 0 heterocycles. The Kier molecular flexibility index (Phi) is 7.03. The highest BCUT2D eigenvalue weighted by Crippen LogP contribution is 2.29. The van der Waals surface area contributed by atoms with Crippen molar-refractivity contribution >= 4 is 38.0 Å². The standard InChI is InChI=1S/C17H12BrF3O7S/c18-11-6-7-12(13(8-11)27-15(22)10-4-2-1-3-5-10)16(23)28-14(17(19,20)21)9-29(24,25)26/h1-8,14H,9H2,(H,24,25,26). The molecular formula is C17H12BrF3O7S. The van der Waals surface area contributed by atoms with Crippen molar-refractivity contribution in [2.24, 2.45) is 0 Å². The second-order valence-corrected chi connectivity index (χ2v) is 7.99. The summed E-state index contributed by atoms with van der Waals surface area (Å²) in [4.78, 5) is 24.4. The average molecular weight is 497 g/mol. The van der Waals surface area contributed by atoms with Gasteiger partial charge in [-0.1, -0.05) is 34.1 Å². The number of ether oxygens (including phenoxy) is 2. The molecule has 0 aromatic heterocycles. The van der Waals surface area contributed by atoms with E-state index in [1.807, 2.05) is 0 Å². The number of hydrogen-bond acceptors (Lipinski definition) is 6. The molecule has 0 spiro atoms. The summed E-state index contributed by atoms with van der Waals surface area (Å²) in [5.74, 6) is -4.77. The number of rotatable bonds is 6. The molecule has 2 aromatic rings. The van der Waals surface area contributed by atoms with Crippen LogP contribution in [-0.4, -0.2) is 42.9 Å². The first-order valence-corrected chi connectivity index (χ1v) is 10.1. The lowest BCUT2D eigenvalue weighted by molar-refractivity contribution is -0.197. The third-order valence-corrected chi connectivity index (χ3v) is 4.57. The van der Waals surface area contributed by atoms with Gasteiger partial charge in [0, 0.05) is 4.47 Å². The van der Waals surface area contributed by atoms with E-state index in [4.69, 9.17) is 9.29 Å². The Hall–Kier alpha value is -2.44. The van der Waals surface area contributed by atoms with Gasteiger partial charge in [-0.25, -0.2) is 9.59 Å². The minimum atomic E-state index is -5.26. The predicted molar refractivity (Wildman–Crippen MR) is 97.2 cm³/mol.